The highest BCUT2D eigenvalue weighted by atomic mass is 35.5. The summed E-state index contributed by atoms with van der Waals surface area (Å²) in [6, 6.07) is 11.9. The van der Waals surface area contributed by atoms with Crippen molar-refractivity contribution in [3.05, 3.63) is 59.1 Å². The molecule has 0 saturated carbocycles. The Morgan fingerprint density at radius 1 is 1.10 bits per heavy atom. The number of halogens is 1. The Balaban J connectivity index is 2.00. The predicted octanol–water partition coefficient (Wildman–Crippen LogP) is 3.02. The molecule has 0 heterocycles. The molecule has 0 saturated heterocycles. The molecule has 2 aromatic rings. The van der Waals surface area contributed by atoms with Crippen molar-refractivity contribution >= 4 is 35.2 Å². The highest BCUT2D eigenvalue weighted by Crippen LogP contribution is 2.24. The largest absolute Gasteiger partial charge is 0.495 e. The van der Waals surface area contributed by atoms with Gasteiger partial charge in [-0.25, -0.2) is 4.79 Å². The Labute approximate surface area is 173 Å². The third-order valence-corrected chi connectivity index (χ3v) is 4.25. The fourth-order valence-corrected chi connectivity index (χ4v) is 2.69. The van der Waals surface area contributed by atoms with Gasteiger partial charge in [0.2, 0.25) is 0 Å². The number of benzene rings is 2. The summed E-state index contributed by atoms with van der Waals surface area (Å²) in [7, 11) is 1.48. The molecule has 0 spiro atoms. The average Bonchev–Trinajstić information content (AvgIpc) is 2.68. The number of primary amides is 1. The van der Waals surface area contributed by atoms with E-state index in [-0.39, 0.29) is 6.42 Å². The monoisotopic (exact) mass is 419 g/mol. The summed E-state index contributed by atoms with van der Waals surface area (Å²) in [4.78, 5) is 35.9. The molecular weight excluding hydrogens is 398 g/mol. The minimum atomic E-state index is -1.06. The van der Waals surface area contributed by atoms with Crippen molar-refractivity contribution in [2.45, 2.75) is 25.5 Å². The quantitative estimate of drug-likeness (QED) is 0.568. The van der Waals surface area contributed by atoms with Crippen molar-refractivity contribution in [2.24, 2.45) is 5.73 Å². The molecule has 4 N–H and O–H groups in total. The van der Waals surface area contributed by atoms with E-state index in [4.69, 9.17) is 26.8 Å². The SMILES string of the molecule is COc1ccccc1NC(=O)[C@H](C)OC(=O)C[C@@H](NC(N)=O)c1ccc(Cl)cc1. The standard InChI is InChI=1S/C20H22ClN3O5/c1-12(19(26)23-15-5-3-4-6-17(15)28-2)29-18(25)11-16(24-20(22)27)13-7-9-14(21)10-8-13/h3-10,12,16H,11H2,1-2H3,(H,23,26)(H3,22,24,27)/t12-,16+/m0/s1. The molecule has 0 unspecified atom stereocenters. The van der Waals surface area contributed by atoms with Crippen molar-refractivity contribution in [1.82, 2.24) is 5.32 Å². The molecule has 0 aliphatic carbocycles. The van der Waals surface area contributed by atoms with Gasteiger partial charge in [-0.1, -0.05) is 35.9 Å². The highest BCUT2D eigenvalue weighted by molar-refractivity contribution is 6.30. The Morgan fingerprint density at radius 3 is 2.38 bits per heavy atom. The van der Waals surface area contributed by atoms with Crippen LogP contribution in [0.3, 0.4) is 0 Å². The number of urea groups is 1. The van der Waals surface area contributed by atoms with E-state index >= 15 is 0 Å². The Hall–Kier alpha value is -3.26. The van der Waals surface area contributed by atoms with Gasteiger partial charge in [0.1, 0.15) is 5.75 Å². The number of carbonyl (C=O) groups is 3. The predicted molar refractivity (Wildman–Crippen MR) is 109 cm³/mol. The zero-order valence-corrected chi connectivity index (χ0v) is 16.7. The second-order valence-corrected chi connectivity index (χ2v) is 6.57. The Morgan fingerprint density at radius 2 is 1.76 bits per heavy atom. The van der Waals surface area contributed by atoms with Crippen molar-refractivity contribution in [2.75, 3.05) is 12.4 Å². The summed E-state index contributed by atoms with van der Waals surface area (Å²) in [6.45, 7) is 1.45. The third kappa shape index (κ3) is 6.69. The molecule has 0 radical (unpaired) electrons. The lowest BCUT2D eigenvalue weighted by atomic mass is 10.0. The normalized spacial score (nSPS) is 12.4. The van der Waals surface area contributed by atoms with E-state index in [2.05, 4.69) is 10.6 Å². The van der Waals surface area contributed by atoms with Crippen LogP contribution in [0.5, 0.6) is 5.75 Å². The zero-order chi connectivity index (χ0) is 21.4. The molecule has 0 bridgehead atoms. The lowest BCUT2D eigenvalue weighted by molar-refractivity contribution is -0.153. The van der Waals surface area contributed by atoms with Gasteiger partial charge in [0.25, 0.3) is 5.91 Å². The van der Waals surface area contributed by atoms with Crippen LogP contribution in [0.4, 0.5) is 10.5 Å². The van der Waals surface area contributed by atoms with Gasteiger partial charge >= 0.3 is 12.0 Å². The molecule has 3 amide bonds. The summed E-state index contributed by atoms with van der Waals surface area (Å²) in [5.41, 5.74) is 6.27. The number of ether oxygens (including phenoxy) is 2. The van der Waals surface area contributed by atoms with Gasteiger partial charge in [-0.15, -0.1) is 0 Å². The number of esters is 1. The van der Waals surface area contributed by atoms with Gasteiger partial charge in [0.15, 0.2) is 6.10 Å². The van der Waals surface area contributed by atoms with Crippen LogP contribution < -0.4 is 21.1 Å². The van der Waals surface area contributed by atoms with Gasteiger partial charge in [-0.3, -0.25) is 9.59 Å². The first-order chi connectivity index (χ1) is 13.8. The number of rotatable bonds is 8. The van der Waals surface area contributed by atoms with E-state index < -0.39 is 30.1 Å². The molecule has 2 rings (SSSR count). The maximum atomic E-state index is 12.3. The third-order valence-electron chi connectivity index (χ3n) is 4.00. The van der Waals surface area contributed by atoms with Crippen molar-refractivity contribution in [1.29, 1.82) is 0 Å². The maximum absolute atomic E-state index is 12.3. The van der Waals surface area contributed by atoms with Crippen LogP contribution in [0.25, 0.3) is 0 Å². The van der Waals surface area contributed by atoms with Crippen molar-refractivity contribution < 1.29 is 23.9 Å². The first-order valence-corrected chi connectivity index (χ1v) is 9.12. The summed E-state index contributed by atoms with van der Waals surface area (Å²) in [5.74, 6) is -0.719. The first-order valence-electron chi connectivity index (χ1n) is 8.75. The summed E-state index contributed by atoms with van der Waals surface area (Å²) < 4.78 is 10.4. The van der Waals surface area contributed by atoms with E-state index in [1.165, 1.54) is 14.0 Å². The average molecular weight is 420 g/mol. The molecule has 0 aliphatic heterocycles. The second kappa shape index (κ2) is 10.3. The molecule has 154 valence electrons. The van der Waals surface area contributed by atoms with Gasteiger partial charge in [0.05, 0.1) is 25.3 Å². The topological polar surface area (TPSA) is 120 Å². The maximum Gasteiger partial charge on any atom is 0.312 e. The van der Waals surface area contributed by atoms with Crippen molar-refractivity contribution in [3.63, 3.8) is 0 Å². The van der Waals surface area contributed by atoms with E-state index in [9.17, 15) is 14.4 Å². The van der Waals surface area contributed by atoms with Crippen LogP contribution in [0.15, 0.2) is 48.5 Å². The number of anilines is 1. The van der Waals surface area contributed by atoms with Gasteiger partial charge in [-0.2, -0.15) is 0 Å². The van der Waals surface area contributed by atoms with Crippen LogP contribution in [0.1, 0.15) is 24.9 Å². The van der Waals surface area contributed by atoms with Gasteiger partial charge in [-0.05, 0) is 36.8 Å². The number of hydrogen-bond acceptors (Lipinski definition) is 5. The molecule has 0 fully saturated rings. The van der Waals surface area contributed by atoms with E-state index in [0.29, 0.717) is 22.0 Å². The number of amides is 3. The van der Waals surface area contributed by atoms with E-state index in [1.807, 2.05) is 0 Å². The number of nitrogens with two attached hydrogens (primary N) is 1. The van der Waals surface area contributed by atoms with E-state index in [0.717, 1.165) is 0 Å². The van der Waals surface area contributed by atoms with Crippen LogP contribution in [0, 0.1) is 0 Å². The Bertz CT molecular complexity index is 873. The van der Waals surface area contributed by atoms with Crippen molar-refractivity contribution in [3.8, 4) is 5.75 Å². The number of hydrogen-bond donors (Lipinski definition) is 3. The second-order valence-electron chi connectivity index (χ2n) is 6.14. The molecular formula is C20H22ClN3O5. The number of para-hydroxylation sites is 2. The molecule has 29 heavy (non-hydrogen) atoms. The minimum Gasteiger partial charge on any atom is -0.495 e. The Kier molecular flexibility index (Phi) is 7.85. The lowest BCUT2D eigenvalue weighted by Crippen LogP contribution is -2.36. The molecule has 2 aromatic carbocycles. The zero-order valence-electron chi connectivity index (χ0n) is 16.0. The van der Waals surface area contributed by atoms with Crippen LogP contribution in [-0.2, 0) is 14.3 Å². The summed E-state index contributed by atoms with van der Waals surface area (Å²) in [5, 5.41) is 5.64. The number of methoxy groups -OCH3 is 1. The number of nitrogens with one attached hydrogen (secondary N) is 2. The first kappa shape index (κ1) is 22.0. The smallest absolute Gasteiger partial charge is 0.312 e. The molecule has 0 aliphatic rings. The fourth-order valence-electron chi connectivity index (χ4n) is 2.57. The van der Waals surface area contributed by atoms with Crippen LogP contribution in [-0.4, -0.2) is 31.1 Å². The summed E-state index contributed by atoms with van der Waals surface area (Å²) >= 11 is 5.86. The fraction of sp³-hybridized carbons (Fsp3) is 0.250. The lowest BCUT2D eigenvalue weighted by Gasteiger charge is -2.19. The minimum absolute atomic E-state index is 0.211. The number of carbonyl (C=O) groups excluding carboxylic acids is 3. The molecule has 2 atom stereocenters. The van der Waals surface area contributed by atoms with Crippen LogP contribution >= 0.6 is 11.6 Å². The van der Waals surface area contributed by atoms with Gasteiger partial charge in [0, 0.05) is 5.02 Å². The van der Waals surface area contributed by atoms with Crippen LogP contribution in [0.2, 0.25) is 5.02 Å². The van der Waals surface area contributed by atoms with Gasteiger partial charge < -0.3 is 25.8 Å². The molecule has 0 aromatic heterocycles. The summed E-state index contributed by atoms with van der Waals surface area (Å²) in [6.07, 6.45) is -1.27. The van der Waals surface area contributed by atoms with E-state index in [1.54, 1.807) is 48.5 Å². The molecule has 8 nitrogen and oxygen atoms in total. The molecule has 9 heteroatoms. The highest BCUT2D eigenvalue weighted by Gasteiger charge is 2.23.